The summed E-state index contributed by atoms with van der Waals surface area (Å²) in [5, 5.41) is 7.04. The number of nitrogens with zero attached hydrogens (tertiary/aromatic N) is 2. The lowest BCUT2D eigenvalue weighted by atomic mass is 10.2. The number of aromatic nitrogens is 3. The molecule has 3 N–H and O–H groups in total. The fourth-order valence-electron chi connectivity index (χ4n) is 2.70. The van der Waals surface area contributed by atoms with Crippen LogP contribution in [0.1, 0.15) is 5.69 Å². The molecule has 26 heavy (non-hydrogen) atoms. The lowest BCUT2D eigenvalue weighted by Crippen LogP contribution is -2.01. The van der Waals surface area contributed by atoms with Gasteiger partial charge >= 0.3 is 0 Å². The van der Waals surface area contributed by atoms with E-state index in [0.717, 1.165) is 28.4 Å². The maximum Gasteiger partial charge on any atom is 0.229 e. The Labute approximate surface area is 148 Å². The van der Waals surface area contributed by atoms with E-state index in [1.54, 1.807) is 12.3 Å². The number of anilines is 4. The first-order valence-corrected chi connectivity index (χ1v) is 7.98. The molecule has 0 saturated carbocycles. The number of hydrogen-bond acceptors (Lipinski definition) is 4. The molecule has 4 rings (SSSR count). The molecule has 0 radical (unpaired) electrons. The molecule has 0 unspecified atom stereocenters. The van der Waals surface area contributed by atoms with Gasteiger partial charge in [0.25, 0.3) is 0 Å². The van der Waals surface area contributed by atoms with Crippen LogP contribution in [0, 0.1) is 18.6 Å². The van der Waals surface area contributed by atoms with E-state index in [1.807, 2.05) is 25.1 Å². The number of rotatable bonds is 4. The second kappa shape index (κ2) is 6.44. The van der Waals surface area contributed by atoms with Crippen molar-refractivity contribution in [1.82, 2.24) is 15.0 Å². The SMILES string of the molecule is Cc1cc2cc(Nc3ccnc(Nc4ccc(F)cc4F)n3)ccc2[nH]1. The predicted molar refractivity (Wildman–Crippen MR) is 98.0 cm³/mol. The van der Waals surface area contributed by atoms with Gasteiger partial charge in [-0.15, -0.1) is 0 Å². The summed E-state index contributed by atoms with van der Waals surface area (Å²) in [4.78, 5) is 11.6. The zero-order chi connectivity index (χ0) is 18.1. The average Bonchev–Trinajstić information content (AvgIpc) is 2.97. The van der Waals surface area contributed by atoms with Crippen LogP contribution in [0.3, 0.4) is 0 Å². The molecular weight excluding hydrogens is 336 g/mol. The molecule has 130 valence electrons. The van der Waals surface area contributed by atoms with Crippen LogP contribution >= 0.6 is 0 Å². The number of halogens is 2. The highest BCUT2D eigenvalue weighted by Crippen LogP contribution is 2.23. The minimum atomic E-state index is -0.708. The van der Waals surface area contributed by atoms with Gasteiger partial charge in [-0.3, -0.25) is 0 Å². The molecule has 0 saturated heterocycles. The van der Waals surface area contributed by atoms with Gasteiger partial charge in [-0.1, -0.05) is 0 Å². The van der Waals surface area contributed by atoms with E-state index >= 15 is 0 Å². The van der Waals surface area contributed by atoms with Crippen LogP contribution in [-0.2, 0) is 0 Å². The quantitative estimate of drug-likeness (QED) is 0.482. The van der Waals surface area contributed by atoms with Crippen molar-refractivity contribution in [2.45, 2.75) is 6.92 Å². The first-order valence-electron chi connectivity index (χ1n) is 7.98. The van der Waals surface area contributed by atoms with Crippen molar-refractivity contribution in [1.29, 1.82) is 0 Å². The summed E-state index contributed by atoms with van der Waals surface area (Å²) < 4.78 is 26.8. The number of aromatic amines is 1. The van der Waals surface area contributed by atoms with Gasteiger partial charge in [0.1, 0.15) is 17.5 Å². The molecule has 5 nitrogen and oxygen atoms in total. The van der Waals surface area contributed by atoms with Gasteiger partial charge in [0.05, 0.1) is 5.69 Å². The molecule has 7 heteroatoms. The van der Waals surface area contributed by atoms with Crippen LogP contribution < -0.4 is 10.6 Å². The third kappa shape index (κ3) is 3.32. The van der Waals surface area contributed by atoms with Crippen LogP contribution in [-0.4, -0.2) is 15.0 Å². The molecule has 0 amide bonds. The molecule has 2 heterocycles. The molecule has 2 aromatic heterocycles. The Kier molecular flexibility index (Phi) is 3.96. The summed E-state index contributed by atoms with van der Waals surface area (Å²) in [7, 11) is 0. The highest BCUT2D eigenvalue weighted by atomic mass is 19.1. The third-order valence-corrected chi connectivity index (χ3v) is 3.86. The van der Waals surface area contributed by atoms with Crippen molar-refractivity contribution in [2.75, 3.05) is 10.6 Å². The van der Waals surface area contributed by atoms with E-state index in [2.05, 4.69) is 31.7 Å². The largest absolute Gasteiger partial charge is 0.359 e. The fraction of sp³-hybridized carbons (Fsp3) is 0.0526. The number of H-pyrrole nitrogens is 1. The van der Waals surface area contributed by atoms with Gasteiger partial charge in [0.15, 0.2) is 0 Å². The van der Waals surface area contributed by atoms with Crippen LogP contribution in [0.4, 0.5) is 31.9 Å². The Morgan fingerprint density at radius 1 is 0.962 bits per heavy atom. The molecule has 2 aromatic carbocycles. The second-order valence-electron chi connectivity index (χ2n) is 5.89. The van der Waals surface area contributed by atoms with E-state index < -0.39 is 11.6 Å². The zero-order valence-electron chi connectivity index (χ0n) is 13.8. The van der Waals surface area contributed by atoms with E-state index in [0.29, 0.717) is 5.82 Å². The second-order valence-corrected chi connectivity index (χ2v) is 5.89. The summed E-state index contributed by atoms with van der Waals surface area (Å²) in [6.07, 6.45) is 1.55. The molecule has 0 aliphatic carbocycles. The normalized spacial score (nSPS) is 10.9. The Balaban J connectivity index is 1.56. The molecule has 0 atom stereocenters. The highest BCUT2D eigenvalue weighted by Gasteiger charge is 2.07. The zero-order valence-corrected chi connectivity index (χ0v) is 13.8. The van der Waals surface area contributed by atoms with Crippen molar-refractivity contribution in [3.63, 3.8) is 0 Å². The maximum atomic E-state index is 13.8. The monoisotopic (exact) mass is 351 g/mol. The summed E-state index contributed by atoms with van der Waals surface area (Å²) in [5.41, 5.74) is 3.12. The lowest BCUT2D eigenvalue weighted by molar-refractivity contribution is 0.586. The van der Waals surface area contributed by atoms with E-state index in [-0.39, 0.29) is 11.6 Å². The van der Waals surface area contributed by atoms with Gasteiger partial charge in [0.2, 0.25) is 5.95 Å². The molecule has 0 fully saturated rings. The van der Waals surface area contributed by atoms with E-state index in [9.17, 15) is 8.78 Å². The van der Waals surface area contributed by atoms with Gasteiger partial charge in [-0.25, -0.2) is 13.8 Å². The van der Waals surface area contributed by atoms with Crippen molar-refractivity contribution in [2.24, 2.45) is 0 Å². The van der Waals surface area contributed by atoms with Crippen LogP contribution in [0.25, 0.3) is 10.9 Å². The van der Waals surface area contributed by atoms with Gasteiger partial charge < -0.3 is 15.6 Å². The lowest BCUT2D eigenvalue weighted by Gasteiger charge is -2.09. The molecule has 0 spiro atoms. The predicted octanol–water partition coefficient (Wildman–Crippen LogP) is 5.03. The summed E-state index contributed by atoms with van der Waals surface area (Å²) >= 11 is 0. The van der Waals surface area contributed by atoms with E-state index in [1.165, 1.54) is 12.1 Å². The number of nitrogens with one attached hydrogen (secondary N) is 3. The first-order chi connectivity index (χ1) is 12.6. The topological polar surface area (TPSA) is 65.6 Å². The van der Waals surface area contributed by atoms with Gasteiger partial charge in [-0.05, 0) is 49.4 Å². The standard InChI is InChI=1S/C19H15F2N5/c1-11-8-12-9-14(3-5-16(12)23-11)24-18-6-7-22-19(26-18)25-17-4-2-13(20)10-15(17)21/h2-10,23H,1H3,(H2,22,24,25,26). The van der Waals surface area contributed by atoms with Gasteiger partial charge in [-0.2, -0.15) is 4.98 Å². The van der Waals surface area contributed by atoms with Gasteiger partial charge in [0, 0.05) is 34.5 Å². The summed E-state index contributed by atoms with van der Waals surface area (Å²) in [6.45, 7) is 2.00. The number of hydrogen-bond donors (Lipinski definition) is 3. The first kappa shape index (κ1) is 16.0. The van der Waals surface area contributed by atoms with Crippen molar-refractivity contribution < 1.29 is 8.78 Å². The van der Waals surface area contributed by atoms with Crippen LogP contribution in [0.15, 0.2) is 54.7 Å². The summed E-state index contributed by atoms with van der Waals surface area (Å²) in [6, 6.07) is 13.0. The Bertz CT molecular complexity index is 1090. The fourth-order valence-corrected chi connectivity index (χ4v) is 2.70. The van der Waals surface area contributed by atoms with Crippen LogP contribution in [0.2, 0.25) is 0 Å². The van der Waals surface area contributed by atoms with Crippen LogP contribution in [0.5, 0.6) is 0 Å². The highest BCUT2D eigenvalue weighted by molar-refractivity contribution is 5.84. The van der Waals surface area contributed by atoms with Crippen molar-refractivity contribution in [3.8, 4) is 0 Å². The van der Waals surface area contributed by atoms with E-state index in [4.69, 9.17) is 0 Å². The smallest absolute Gasteiger partial charge is 0.229 e. The molecule has 0 aliphatic heterocycles. The molecule has 0 aliphatic rings. The number of aryl methyl sites for hydroxylation is 1. The van der Waals surface area contributed by atoms with Crippen molar-refractivity contribution >= 4 is 34.0 Å². The maximum absolute atomic E-state index is 13.8. The Morgan fingerprint density at radius 2 is 1.85 bits per heavy atom. The number of fused-ring (bicyclic) bond motifs is 1. The third-order valence-electron chi connectivity index (χ3n) is 3.86. The molecular formula is C19H15F2N5. The Hall–Kier alpha value is -3.48. The average molecular weight is 351 g/mol. The number of benzene rings is 2. The molecule has 4 aromatic rings. The minimum Gasteiger partial charge on any atom is -0.359 e. The summed E-state index contributed by atoms with van der Waals surface area (Å²) in [5.74, 6) is -0.587. The Morgan fingerprint density at radius 3 is 2.69 bits per heavy atom. The molecule has 0 bridgehead atoms. The minimum absolute atomic E-state index is 0.104. The van der Waals surface area contributed by atoms with Crippen molar-refractivity contribution in [3.05, 3.63) is 72.1 Å².